The molecule has 19 heavy (non-hydrogen) atoms. The number of nitrogens with zero attached hydrogens (tertiary/aromatic N) is 1. The van der Waals surface area contributed by atoms with E-state index in [9.17, 15) is 9.18 Å². The van der Waals surface area contributed by atoms with Crippen molar-refractivity contribution in [2.24, 2.45) is 0 Å². The molecule has 1 heterocycles. The summed E-state index contributed by atoms with van der Waals surface area (Å²) < 4.78 is 23.3. The van der Waals surface area contributed by atoms with E-state index in [2.05, 4.69) is 4.98 Å². The van der Waals surface area contributed by atoms with Crippen molar-refractivity contribution in [3.05, 3.63) is 40.5 Å². The summed E-state index contributed by atoms with van der Waals surface area (Å²) in [7, 11) is 1.40. The zero-order valence-electron chi connectivity index (χ0n) is 9.81. The standard InChI is InChI=1S/C12H9ClFNO4/c1-18-5-9-10(12(16)17)19-11(15-9)6-2-3-7(13)8(14)4-6/h2-4H,5H2,1H3,(H,16,17). The first-order chi connectivity index (χ1) is 9.02. The fourth-order valence-corrected chi connectivity index (χ4v) is 1.62. The smallest absolute Gasteiger partial charge is 0.373 e. The van der Waals surface area contributed by atoms with E-state index in [4.69, 9.17) is 25.9 Å². The number of oxazole rings is 1. The number of hydrogen-bond acceptors (Lipinski definition) is 4. The Bertz CT molecular complexity index is 626. The second-order valence-electron chi connectivity index (χ2n) is 3.66. The Morgan fingerprint density at radius 2 is 2.32 bits per heavy atom. The van der Waals surface area contributed by atoms with Crippen molar-refractivity contribution in [2.75, 3.05) is 7.11 Å². The minimum Gasteiger partial charge on any atom is -0.475 e. The Morgan fingerprint density at radius 1 is 1.58 bits per heavy atom. The maximum Gasteiger partial charge on any atom is 0.373 e. The molecule has 0 aliphatic heterocycles. The summed E-state index contributed by atoms with van der Waals surface area (Å²) in [6.45, 7) is -0.0127. The highest BCUT2D eigenvalue weighted by Crippen LogP contribution is 2.26. The van der Waals surface area contributed by atoms with Crippen molar-refractivity contribution in [1.29, 1.82) is 0 Å². The van der Waals surface area contributed by atoms with E-state index in [1.54, 1.807) is 0 Å². The first kappa shape index (κ1) is 13.5. The van der Waals surface area contributed by atoms with Crippen LogP contribution in [0.1, 0.15) is 16.2 Å². The molecule has 0 aliphatic carbocycles. The molecule has 2 rings (SSSR count). The molecule has 1 aromatic heterocycles. The summed E-state index contributed by atoms with van der Waals surface area (Å²) in [6.07, 6.45) is 0. The minimum atomic E-state index is -1.26. The molecule has 5 nitrogen and oxygen atoms in total. The van der Waals surface area contributed by atoms with Crippen LogP contribution in [0.2, 0.25) is 5.02 Å². The topological polar surface area (TPSA) is 72.6 Å². The lowest BCUT2D eigenvalue weighted by Crippen LogP contribution is -2.00. The van der Waals surface area contributed by atoms with Crippen molar-refractivity contribution in [3.63, 3.8) is 0 Å². The van der Waals surface area contributed by atoms with E-state index >= 15 is 0 Å². The normalized spacial score (nSPS) is 10.7. The highest BCUT2D eigenvalue weighted by molar-refractivity contribution is 6.30. The van der Waals surface area contributed by atoms with Gasteiger partial charge in [0.05, 0.1) is 11.6 Å². The fraction of sp³-hybridized carbons (Fsp3) is 0.167. The van der Waals surface area contributed by atoms with Crippen molar-refractivity contribution in [3.8, 4) is 11.5 Å². The number of rotatable bonds is 4. The molecule has 0 aliphatic rings. The van der Waals surface area contributed by atoms with Gasteiger partial charge < -0.3 is 14.3 Å². The Morgan fingerprint density at radius 3 is 2.89 bits per heavy atom. The predicted octanol–water partition coefficient (Wildman–Crippen LogP) is 2.98. The molecule has 7 heteroatoms. The number of ether oxygens (including phenoxy) is 1. The third-order valence-electron chi connectivity index (χ3n) is 2.34. The number of halogens is 2. The zero-order chi connectivity index (χ0) is 14.0. The molecule has 1 aromatic carbocycles. The van der Waals surface area contributed by atoms with Gasteiger partial charge in [0.2, 0.25) is 11.7 Å². The maximum absolute atomic E-state index is 13.3. The van der Waals surface area contributed by atoms with Crippen LogP contribution in [-0.2, 0) is 11.3 Å². The molecule has 0 radical (unpaired) electrons. The van der Waals surface area contributed by atoms with E-state index < -0.39 is 11.8 Å². The van der Waals surface area contributed by atoms with Crippen LogP contribution >= 0.6 is 11.6 Å². The fourth-order valence-electron chi connectivity index (χ4n) is 1.51. The molecule has 0 unspecified atom stereocenters. The van der Waals surface area contributed by atoms with Crippen molar-refractivity contribution in [2.45, 2.75) is 6.61 Å². The summed E-state index contributed by atoms with van der Waals surface area (Å²) >= 11 is 5.56. The SMILES string of the molecule is COCc1nc(-c2ccc(Cl)c(F)c2)oc1C(=O)O. The lowest BCUT2D eigenvalue weighted by atomic mass is 10.2. The van der Waals surface area contributed by atoms with Crippen LogP contribution in [0.25, 0.3) is 11.5 Å². The second-order valence-corrected chi connectivity index (χ2v) is 4.07. The third kappa shape index (κ3) is 2.74. The van der Waals surface area contributed by atoms with Gasteiger partial charge in [0.1, 0.15) is 11.5 Å². The van der Waals surface area contributed by atoms with E-state index in [-0.39, 0.29) is 29.0 Å². The van der Waals surface area contributed by atoms with E-state index in [1.807, 2.05) is 0 Å². The van der Waals surface area contributed by atoms with Crippen LogP contribution in [0, 0.1) is 5.82 Å². The van der Waals surface area contributed by atoms with Crippen molar-refractivity contribution < 1.29 is 23.4 Å². The number of aromatic carboxylic acids is 1. The first-order valence-corrected chi connectivity index (χ1v) is 5.58. The van der Waals surface area contributed by atoms with Crippen LogP contribution in [-0.4, -0.2) is 23.2 Å². The highest BCUT2D eigenvalue weighted by atomic mass is 35.5. The summed E-state index contributed by atoms with van der Waals surface area (Å²) in [5.41, 5.74) is 0.437. The second kappa shape index (κ2) is 5.38. The van der Waals surface area contributed by atoms with Gasteiger partial charge in [-0.2, -0.15) is 0 Å². The number of carbonyl (C=O) groups is 1. The molecule has 0 fully saturated rings. The molecule has 1 N–H and O–H groups in total. The van der Waals surface area contributed by atoms with Gasteiger partial charge in [-0.25, -0.2) is 14.2 Å². The van der Waals surface area contributed by atoms with Gasteiger partial charge in [0.25, 0.3) is 0 Å². The number of carboxylic acid groups (broad SMARTS) is 1. The first-order valence-electron chi connectivity index (χ1n) is 5.20. The van der Waals surface area contributed by atoms with Gasteiger partial charge in [-0.15, -0.1) is 0 Å². The molecule has 0 spiro atoms. The van der Waals surface area contributed by atoms with Crippen molar-refractivity contribution in [1.82, 2.24) is 4.98 Å². The summed E-state index contributed by atoms with van der Waals surface area (Å²) in [5.74, 6) is -2.23. The number of carboxylic acids is 1. The molecule has 0 saturated heterocycles. The van der Waals surface area contributed by atoms with E-state index in [0.29, 0.717) is 5.56 Å². The largest absolute Gasteiger partial charge is 0.475 e. The van der Waals surface area contributed by atoms with Crippen molar-refractivity contribution >= 4 is 17.6 Å². The summed E-state index contributed by atoms with van der Waals surface area (Å²) in [4.78, 5) is 15.0. The molecular weight excluding hydrogens is 277 g/mol. The molecule has 0 saturated carbocycles. The van der Waals surface area contributed by atoms with Gasteiger partial charge in [0, 0.05) is 12.7 Å². The number of methoxy groups -OCH3 is 1. The van der Waals surface area contributed by atoms with Gasteiger partial charge in [-0.3, -0.25) is 0 Å². The van der Waals surface area contributed by atoms with Gasteiger partial charge >= 0.3 is 5.97 Å². The van der Waals surface area contributed by atoms with Crippen LogP contribution < -0.4 is 0 Å². The highest BCUT2D eigenvalue weighted by Gasteiger charge is 2.20. The molecule has 0 atom stereocenters. The van der Waals surface area contributed by atoms with Crippen LogP contribution in [0.5, 0.6) is 0 Å². The molecule has 0 amide bonds. The van der Waals surface area contributed by atoms with E-state index in [0.717, 1.165) is 6.07 Å². The van der Waals surface area contributed by atoms with Crippen LogP contribution in [0.3, 0.4) is 0 Å². The average Bonchev–Trinajstić information content (AvgIpc) is 2.77. The molecule has 0 bridgehead atoms. The number of benzene rings is 1. The Kier molecular flexibility index (Phi) is 3.82. The maximum atomic E-state index is 13.3. The number of hydrogen-bond donors (Lipinski definition) is 1. The van der Waals surface area contributed by atoms with E-state index in [1.165, 1.54) is 19.2 Å². The van der Waals surface area contributed by atoms with Gasteiger partial charge in [0.15, 0.2) is 0 Å². The lowest BCUT2D eigenvalue weighted by Gasteiger charge is -1.97. The Labute approximate surface area is 112 Å². The predicted molar refractivity (Wildman–Crippen MR) is 64.6 cm³/mol. The Balaban J connectivity index is 2.47. The Hall–Kier alpha value is -1.92. The molecular formula is C12H9ClFNO4. The molecule has 100 valence electrons. The van der Waals surface area contributed by atoms with Crippen LogP contribution in [0.15, 0.2) is 22.6 Å². The summed E-state index contributed by atoms with van der Waals surface area (Å²) in [5, 5.41) is 8.93. The lowest BCUT2D eigenvalue weighted by molar-refractivity contribution is 0.0656. The summed E-state index contributed by atoms with van der Waals surface area (Å²) in [6, 6.07) is 3.95. The van der Waals surface area contributed by atoms with Crippen LogP contribution in [0.4, 0.5) is 4.39 Å². The molecule has 2 aromatic rings. The number of aromatic nitrogens is 1. The van der Waals surface area contributed by atoms with Gasteiger partial charge in [-0.05, 0) is 18.2 Å². The minimum absolute atomic E-state index is 0.0000154. The quantitative estimate of drug-likeness (QED) is 0.935. The average molecular weight is 286 g/mol. The zero-order valence-corrected chi connectivity index (χ0v) is 10.6. The monoisotopic (exact) mass is 285 g/mol. The third-order valence-corrected chi connectivity index (χ3v) is 2.65. The van der Waals surface area contributed by atoms with Gasteiger partial charge in [-0.1, -0.05) is 11.6 Å².